The molecule has 0 bridgehead atoms. The van der Waals surface area contributed by atoms with E-state index in [-0.39, 0.29) is 18.1 Å². The number of rotatable bonds is 4. The second-order valence-electron chi connectivity index (χ2n) is 5.18. The fourth-order valence-electron chi connectivity index (χ4n) is 2.39. The summed E-state index contributed by atoms with van der Waals surface area (Å²) in [5, 5.41) is 3.47. The highest BCUT2D eigenvalue weighted by molar-refractivity contribution is 5.95. The van der Waals surface area contributed by atoms with E-state index in [1.54, 1.807) is 6.07 Å². The van der Waals surface area contributed by atoms with Gasteiger partial charge in [0, 0.05) is 16.6 Å². The molecular weight excluding hydrogens is 281 g/mol. The van der Waals surface area contributed by atoms with Crippen molar-refractivity contribution >= 4 is 22.6 Å². The third kappa shape index (κ3) is 3.01. The summed E-state index contributed by atoms with van der Waals surface area (Å²) >= 11 is 0. The van der Waals surface area contributed by atoms with E-state index in [9.17, 15) is 9.18 Å². The molecule has 1 amide bonds. The van der Waals surface area contributed by atoms with Crippen molar-refractivity contribution in [3.63, 3.8) is 0 Å². The molecule has 0 spiro atoms. The van der Waals surface area contributed by atoms with Crippen LogP contribution in [0.15, 0.2) is 53.1 Å². The lowest BCUT2D eigenvalue weighted by molar-refractivity contribution is -0.115. The molecule has 0 fully saturated rings. The number of furan rings is 1. The van der Waals surface area contributed by atoms with Gasteiger partial charge in [-0.05, 0) is 42.3 Å². The van der Waals surface area contributed by atoms with Crippen molar-refractivity contribution in [3.8, 4) is 0 Å². The van der Waals surface area contributed by atoms with Gasteiger partial charge in [-0.25, -0.2) is 4.39 Å². The molecule has 2 aromatic carbocycles. The number of anilines is 1. The van der Waals surface area contributed by atoms with Crippen LogP contribution in [0.25, 0.3) is 11.0 Å². The van der Waals surface area contributed by atoms with Crippen molar-refractivity contribution in [3.05, 3.63) is 65.7 Å². The first-order valence-corrected chi connectivity index (χ1v) is 7.20. The van der Waals surface area contributed by atoms with Crippen molar-refractivity contribution in [1.29, 1.82) is 0 Å². The maximum atomic E-state index is 13.3. The Morgan fingerprint density at radius 1 is 1.18 bits per heavy atom. The number of hydrogen-bond donors (Lipinski definition) is 1. The van der Waals surface area contributed by atoms with Crippen LogP contribution in [0.1, 0.15) is 18.1 Å². The summed E-state index contributed by atoms with van der Waals surface area (Å²) < 4.78 is 18.6. The maximum Gasteiger partial charge on any atom is 0.228 e. The number of aryl methyl sites for hydroxylation is 1. The van der Waals surface area contributed by atoms with Gasteiger partial charge in [0.1, 0.15) is 11.4 Å². The molecule has 4 heteroatoms. The van der Waals surface area contributed by atoms with Gasteiger partial charge in [0.05, 0.1) is 12.7 Å². The highest BCUT2D eigenvalue weighted by Crippen LogP contribution is 2.23. The Morgan fingerprint density at radius 2 is 1.95 bits per heavy atom. The van der Waals surface area contributed by atoms with E-state index < -0.39 is 0 Å². The zero-order valence-electron chi connectivity index (χ0n) is 12.2. The Hall–Kier alpha value is -2.62. The average molecular weight is 297 g/mol. The minimum absolute atomic E-state index is 0.145. The molecule has 112 valence electrons. The molecule has 0 aliphatic heterocycles. The largest absolute Gasteiger partial charge is 0.464 e. The molecule has 0 saturated heterocycles. The third-order valence-corrected chi connectivity index (χ3v) is 3.61. The highest BCUT2D eigenvalue weighted by atomic mass is 19.1. The van der Waals surface area contributed by atoms with Crippen LogP contribution >= 0.6 is 0 Å². The number of halogens is 1. The normalized spacial score (nSPS) is 10.8. The van der Waals surface area contributed by atoms with E-state index in [4.69, 9.17) is 4.42 Å². The number of benzene rings is 2. The first-order chi connectivity index (χ1) is 10.7. The van der Waals surface area contributed by atoms with Crippen molar-refractivity contribution in [2.75, 3.05) is 5.32 Å². The molecule has 1 N–H and O–H groups in total. The van der Waals surface area contributed by atoms with Crippen molar-refractivity contribution in [2.45, 2.75) is 19.8 Å². The predicted molar refractivity (Wildman–Crippen MR) is 84.3 cm³/mol. The lowest BCUT2D eigenvalue weighted by atomic mass is 10.1. The summed E-state index contributed by atoms with van der Waals surface area (Å²) in [6, 6.07) is 12.0. The summed E-state index contributed by atoms with van der Waals surface area (Å²) in [4.78, 5) is 12.1. The Labute approximate surface area is 127 Å². The van der Waals surface area contributed by atoms with Crippen molar-refractivity contribution < 1.29 is 13.6 Å². The minimum Gasteiger partial charge on any atom is -0.464 e. The standard InChI is InChI=1S/C18H16FNO2/c1-2-12-3-6-15(7-4-12)20-18(21)9-13-11-22-17-8-5-14(19)10-16(13)17/h3-8,10-11H,2,9H2,1H3,(H,20,21). The molecule has 3 rings (SSSR count). The monoisotopic (exact) mass is 297 g/mol. The Balaban J connectivity index is 1.73. The zero-order valence-corrected chi connectivity index (χ0v) is 12.2. The summed E-state index contributed by atoms with van der Waals surface area (Å²) in [5.41, 5.74) is 3.23. The Bertz CT molecular complexity index is 806. The van der Waals surface area contributed by atoms with Crippen LogP contribution in [0.2, 0.25) is 0 Å². The first-order valence-electron chi connectivity index (χ1n) is 7.20. The molecule has 0 unspecified atom stereocenters. The quantitative estimate of drug-likeness (QED) is 0.779. The Kier molecular flexibility index (Phi) is 3.92. The van der Waals surface area contributed by atoms with E-state index in [0.717, 1.165) is 12.1 Å². The fourth-order valence-corrected chi connectivity index (χ4v) is 2.39. The molecule has 0 aliphatic carbocycles. The average Bonchev–Trinajstić information content (AvgIpc) is 2.90. The number of carbonyl (C=O) groups excluding carboxylic acids is 1. The third-order valence-electron chi connectivity index (χ3n) is 3.61. The molecule has 0 radical (unpaired) electrons. The van der Waals surface area contributed by atoms with Crippen molar-refractivity contribution in [1.82, 2.24) is 0 Å². The number of fused-ring (bicyclic) bond motifs is 1. The van der Waals surface area contributed by atoms with Gasteiger partial charge in [-0.3, -0.25) is 4.79 Å². The van der Waals surface area contributed by atoms with Crippen LogP contribution < -0.4 is 5.32 Å². The Morgan fingerprint density at radius 3 is 2.68 bits per heavy atom. The lowest BCUT2D eigenvalue weighted by Crippen LogP contribution is -2.14. The van der Waals surface area contributed by atoms with Gasteiger partial charge in [0.15, 0.2) is 0 Å². The van der Waals surface area contributed by atoms with E-state index >= 15 is 0 Å². The van der Waals surface area contributed by atoms with Crippen molar-refractivity contribution in [2.24, 2.45) is 0 Å². The van der Waals surface area contributed by atoms with E-state index in [2.05, 4.69) is 12.2 Å². The molecule has 22 heavy (non-hydrogen) atoms. The molecule has 0 atom stereocenters. The smallest absolute Gasteiger partial charge is 0.228 e. The summed E-state index contributed by atoms with van der Waals surface area (Å²) in [6.07, 6.45) is 2.61. The maximum absolute atomic E-state index is 13.3. The van der Waals surface area contributed by atoms with Gasteiger partial charge >= 0.3 is 0 Å². The minimum atomic E-state index is -0.342. The molecule has 1 aromatic heterocycles. The van der Waals surface area contributed by atoms with Crippen LogP contribution in [0.4, 0.5) is 10.1 Å². The van der Waals surface area contributed by atoms with Crippen LogP contribution in [0.3, 0.4) is 0 Å². The van der Waals surface area contributed by atoms with Gasteiger partial charge in [0.25, 0.3) is 0 Å². The predicted octanol–water partition coefficient (Wildman–Crippen LogP) is 4.32. The SMILES string of the molecule is CCc1ccc(NC(=O)Cc2coc3ccc(F)cc23)cc1. The van der Waals surface area contributed by atoms with E-state index in [1.807, 2.05) is 24.3 Å². The van der Waals surface area contributed by atoms with Gasteiger partial charge in [-0.15, -0.1) is 0 Å². The number of carbonyl (C=O) groups is 1. The number of amides is 1. The zero-order chi connectivity index (χ0) is 15.5. The van der Waals surface area contributed by atoms with Gasteiger partial charge in [-0.1, -0.05) is 19.1 Å². The lowest BCUT2D eigenvalue weighted by Gasteiger charge is -2.05. The summed E-state index contributed by atoms with van der Waals surface area (Å²) in [6.45, 7) is 2.08. The molecule has 3 aromatic rings. The van der Waals surface area contributed by atoms with Crippen LogP contribution in [0.5, 0.6) is 0 Å². The highest BCUT2D eigenvalue weighted by Gasteiger charge is 2.11. The molecule has 3 nitrogen and oxygen atoms in total. The van der Waals surface area contributed by atoms with Gasteiger partial charge in [-0.2, -0.15) is 0 Å². The van der Waals surface area contributed by atoms with Gasteiger partial charge in [0.2, 0.25) is 5.91 Å². The van der Waals surface area contributed by atoms with Crippen LogP contribution in [-0.2, 0) is 17.6 Å². The van der Waals surface area contributed by atoms with E-state index in [1.165, 1.54) is 24.0 Å². The topological polar surface area (TPSA) is 42.2 Å². The summed E-state index contributed by atoms with van der Waals surface area (Å²) in [7, 11) is 0. The summed E-state index contributed by atoms with van der Waals surface area (Å²) in [5.74, 6) is -0.498. The molecular formula is C18H16FNO2. The second kappa shape index (κ2) is 6.02. The van der Waals surface area contributed by atoms with Crippen LogP contribution in [-0.4, -0.2) is 5.91 Å². The van der Waals surface area contributed by atoms with Gasteiger partial charge < -0.3 is 9.73 Å². The fraction of sp³-hybridized carbons (Fsp3) is 0.167. The number of hydrogen-bond acceptors (Lipinski definition) is 2. The molecule has 1 heterocycles. The number of nitrogens with one attached hydrogen (secondary N) is 1. The first kappa shape index (κ1) is 14.3. The van der Waals surface area contributed by atoms with Crippen LogP contribution in [0, 0.1) is 5.82 Å². The second-order valence-corrected chi connectivity index (χ2v) is 5.18. The molecule has 0 aliphatic rings. The molecule has 0 saturated carbocycles. The van der Waals surface area contributed by atoms with E-state index in [0.29, 0.717) is 16.5 Å².